The number of hydrogen-bond donors (Lipinski definition) is 3. The first-order valence-corrected chi connectivity index (χ1v) is 11.0. The van der Waals surface area contributed by atoms with Crippen LogP contribution in [0.3, 0.4) is 0 Å². The fourth-order valence-electron chi connectivity index (χ4n) is 3.33. The maximum absolute atomic E-state index is 11.6. The molecule has 2 atom stereocenters. The van der Waals surface area contributed by atoms with Gasteiger partial charge in [-0.25, -0.2) is 9.59 Å². The molecule has 0 saturated carbocycles. The smallest absolute Gasteiger partial charge is 0.480 e. The Kier molecular flexibility index (Phi) is 11.9. The number of alkyl halides is 6. The second-order valence-corrected chi connectivity index (χ2v) is 8.17. The minimum absolute atomic E-state index is 0.369. The summed E-state index contributed by atoms with van der Waals surface area (Å²) in [5.41, 5.74) is 1.22. The third-order valence-corrected chi connectivity index (χ3v) is 5.72. The molecular formula is C19H24F6N2O7S. The molecule has 0 amide bonds. The van der Waals surface area contributed by atoms with E-state index in [2.05, 4.69) is 21.2 Å². The van der Waals surface area contributed by atoms with Crippen LogP contribution in [0.25, 0.3) is 0 Å². The van der Waals surface area contributed by atoms with Crippen LogP contribution in [0.4, 0.5) is 26.3 Å². The fraction of sp³-hybridized carbons (Fsp3) is 0.632. The van der Waals surface area contributed by atoms with E-state index in [4.69, 9.17) is 24.5 Å². The summed E-state index contributed by atoms with van der Waals surface area (Å²) in [6.07, 6.45) is -8.40. The van der Waals surface area contributed by atoms with Crippen LogP contribution in [0.2, 0.25) is 0 Å². The highest BCUT2D eigenvalue weighted by Crippen LogP contribution is 2.25. The van der Waals surface area contributed by atoms with Crippen molar-refractivity contribution in [2.24, 2.45) is 0 Å². The normalized spacial score (nSPS) is 21.7. The first-order valence-electron chi connectivity index (χ1n) is 10.0. The van der Waals surface area contributed by atoms with Crippen molar-refractivity contribution in [3.8, 4) is 0 Å². The molecule has 2 unspecified atom stereocenters. The van der Waals surface area contributed by atoms with Gasteiger partial charge in [-0.15, -0.1) is 0 Å². The second-order valence-electron chi connectivity index (χ2n) is 7.39. The molecule has 0 spiro atoms. The standard InChI is InChI=1S/C15H22N2O3S.2C2HF3O2/c18-15(19)14-9-13(16-4-6-20-7-5-16)1-3-17(14)10-12-2-8-21-11-12;2*3-2(4,5)1(6)7/h2,8,11,13-14H,1,3-7,9-10H2,(H,18,19);2*(H,6,7). The Morgan fingerprint density at radius 1 is 0.971 bits per heavy atom. The molecular weight excluding hydrogens is 514 g/mol. The number of morpholine rings is 1. The van der Waals surface area contributed by atoms with Crippen LogP contribution in [0, 0.1) is 0 Å². The van der Waals surface area contributed by atoms with Crippen LogP contribution in [-0.2, 0) is 25.7 Å². The van der Waals surface area contributed by atoms with E-state index in [1.54, 1.807) is 11.3 Å². The lowest BCUT2D eigenvalue weighted by Gasteiger charge is -2.43. The van der Waals surface area contributed by atoms with Gasteiger partial charge in [-0.3, -0.25) is 14.6 Å². The first kappa shape index (κ1) is 30.6. The third-order valence-electron chi connectivity index (χ3n) is 4.98. The van der Waals surface area contributed by atoms with Gasteiger partial charge in [0.15, 0.2) is 0 Å². The van der Waals surface area contributed by atoms with Gasteiger partial charge < -0.3 is 20.1 Å². The fourth-order valence-corrected chi connectivity index (χ4v) is 3.99. The van der Waals surface area contributed by atoms with Gasteiger partial charge in [0.1, 0.15) is 6.04 Å². The number of piperidine rings is 1. The molecule has 35 heavy (non-hydrogen) atoms. The Bertz CT molecular complexity index is 790. The number of rotatable bonds is 4. The summed E-state index contributed by atoms with van der Waals surface area (Å²) in [6.45, 7) is 5.01. The summed E-state index contributed by atoms with van der Waals surface area (Å²) in [4.78, 5) is 33.9. The molecule has 3 heterocycles. The topological polar surface area (TPSA) is 128 Å². The zero-order chi connectivity index (χ0) is 26.8. The second kappa shape index (κ2) is 13.6. The van der Waals surface area contributed by atoms with E-state index in [1.807, 2.05) is 5.38 Å². The summed E-state index contributed by atoms with van der Waals surface area (Å²) >= 11 is 1.66. The van der Waals surface area contributed by atoms with Crippen LogP contribution in [0.15, 0.2) is 16.8 Å². The Morgan fingerprint density at radius 2 is 1.49 bits per heavy atom. The van der Waals surface area contributed by atoms with Crippen molar-refractivity contribution in [1.82, 2.24) is 9.80 Å². The van der Waals surface area contributed by atoms with Crippen molar-refractivity contribution < 1.29 is 60.8 Å². The maximum atomic E-state index is 11.6. The first-order chi connectivity index (χ1) is 16.1. The molecule has 0 aliphatic carbocycles. The number of aliphatic carboxylic acids is 3. The maximum Gasteiger partial charge on any atom is 0.490 e. The quantitative estimate of drug-likeness (QED) is 0.496. The van der Waals surface area contributed by atoms with E-state index in [0.29, 0.717) is 6.04 Å². The molecule has 0 aromatic carbocycles. The largest absolute Gasteiger partial charge is 0.490 e. The van der Waals surface area contributed by atoms with Crippen molar-refractivity contribution in [3.05, 3.63) is 22.4 Å². The highest BCUT2D eigenvalue weighted by Gasteiger charge is 2.39. The molecule has 2 fully saturated rings. The van der Waals surface area contributed by atoms with Gasteiger partial charge in [0.2, 0.25) is 0 Å². The Balaban J connectivity index is 0.000000362. The molecule has 3 rings (SSSR count). The molecule has 3 N–H and O–H groups in total. The van der Waals surface area contributed by atoms with Gasteiger partial charge in [0.25, 0.3) is 0 Å². The van der Waals surface area contributed by atoms with Crippen LogP contribution < -0.4 is 0 Å². The van der Waals surface area contributed by atoms with Gasteiger partial charge >= 0.3 is 30.3 Å². The Hall–Kier alpha value is -2.43. The summed E-state index contributed by atoms with van der Waals surface area (Å²) in [6, 6.07) is 2.10. The number of hydrogen-bond acceptors (Lipinski definition) is 7. The number of likely N-dealkylation sites (tertiary alicyclic amines) is 1. The van der Waals surface area contributed by atoms with E-state index in [-0.39, 0.29) is 6.04 Å². The highest BCUT2D eigenvalue weighted by molar-refractivity contribution is 7.07. The van der Waals surface area contributed by atoms with E-state index in [0.717, 1.165) is 52.2 Å². The number of ether oxygens (including phenoxy) is 1. The monoisotopic (exact) mass is 538 g/mol. The van der Waals surface area contributed by atoms with Crippen molar-refractivity contribution >= 4 is 29.2 Å². The van der Waals surface area contributed by atoms with Crippen LogP contribution in [0.5, 0.6) is 0 Å². The minimum Gasteiger partial charge on any atom is -0.480 e. The summed E-state index contributed by atoms with van der Waals surface area (Å²) in [5.74, 6) is -6.21. The van der Waals surface area contributed by atoms with E-state index >= 15 is 0 Å². The van der Waals surface area contributed by atoms with Gasteiger partial charge in [-0.2, -0.15) is 37.7 Å². The molecule has 16 heteroatoms. The third kappa shape index (κ3) is 11.2. The predicted octanol–water partition coefficient (Wildman–Crippen LogP) is 2.76. The van der Waals surface area contributed by atoms with Gasteiger partial charge in [0.05, 0.1) is 13.2 Å². The highest BCUT2D eigenvalue weighted by atomic mass is 32.1. The average Bonchev–Trinajstić information content (AvgIpc) is 3.27. The molecule has 0 bridgehead atoms. The van der Waals surface area contributed by atoms with Crippen LogP contribution in [0.1, 0.15) is 18.4 Å². The molecule has 1 aromatic rings. The molecule has 0 radical (unpaired) electrons. The zero-order valence-electron chi connectivity index (χ0n) is 18.1. The van der Waals surface area contributed by atoms with Crippen molar-refractivity contribution in [1.29, 1.82) is 0 Å². The molecule has 2 aliphatic heterocycles. The molecule has 2 saturated heterocycles. The Labute approximate surface area is 199 Å². The number of carboxylic acids is 3. The number of thiophene rings is 1. The SMILES string of the molecule is O=C(O)C(F)(F)F.O=C(O)C(F)(F)F.O=C(O)C1CC(N2CCOCC2)CCN1Cc1ccsc1. The van der Waals surface area contributed by atoms with E-state index in [9.17, 15) is 36.2 Å². The lowest BCUT2D eigenvalue weighted by atomic mass is 9.95. The Morgan fingerprint density at radius 3 is 1.89 bits per heavy atom. The van der Waals surface area contributed by atoms with Crippen LogP contribution >= 0.6 is 11.3 Å². The van der Waals surface area contributed by atoms with Gasteiger partial charge in [0, 0.05) is 32.2 Å². The molecule has 9 nitrogen and oxygen atoms in total. The van der Waals surface area contributed by atoms with Crippen molar-refractivity contribution in [2.45, 2.75) is 43.8 Å². The number of carbonyl (C=O) groups is 3. The van der Waals surface area contributed by atoms with Crippen molar-refractivity contribution in [2.75, 3.05) is 32.8 Å². The molecule has 2 aliphatic rings. The number of nitrogens with zero attached hydrogens (tertiary/aromatic N) is 2. The van der Waals surface area contributed by atoms with Crippen molar-refractivity contribution in [3.63, 3.8) is 0 Å². The van der Waals surface area contributed by atoms with Gasteiger partial charge in [-0.05, 0) is 35.2 Å². The van der Waals surface area contributed by atoms with E-state index in [1.165, 1.54) is 5.56 Å². The lowest BCUT2D eigenvalue weighted by molar-refractivity contribution is -0.193. The van der Waals surface area contributed by atoms with Gasteiger partial charge in [-0.1, -0.05) is 0 Å². The minimum atomic E-state index is -5.08. The predicted molar refractivity (Wildman–Crippen MR) is 109 cm³/mol. The summed E-state index contributed by atoms with van der Waals surface area (Å²) in [7, 11) is 0. The number of carboxylic acid groups (broad SMARTS) is 3. The summed E-state index contributed by atoms with van der Waals surface area (Å²) < 4.78 is 68.9. The van der Waals surface area contributed by atoms with E-state index < -0.39 is 30.3 Å². The summed E-state index contributed by atoms with van der Waals surface area (Å²) in [5, 5.41) is 28.0. The van der Waals surface area contributed by atoms with Crippen LogP contribution in [-0.4, -0.2) is 100 Å². The average molecular weight is 538 g/mol. The lowest BCUT2D eigenvalue weighted by Crippen LogP contribution is -2.54. The number of halogens is 6. The molecule has 200 valence electrons. The zero-order valence-corrected chi connectivity index (χ0v) is 18.9. The molecule has 1 aromatic heterocycles.